The molecule has 0 aliphatic rings. The smallest absolute Gasteiger partial charge is 0.105 e. The molecule has 0 saturated carbocycles. The molecule has 0 fully saturated rings. The van der Waals surface area contributed by atoms with Crippen LogP contribution in [0, 0.1) is 5.92 Å². The van der Waals surface area contributed by atoms with Gasteiger partial charge >= 0.3 is 0 Å². The van der Waals surface area contributed by atoms with Crippen molar-refractivity contribution < 1.29 is 4.39 Å². The van der Waals surface area contributed by atoms with Gasteiger partial charge < -0.3 is 10.6 Å². The first-order chi connectivity index (χ1) is 13.1. The number of rotatable bonds is 14. The minimum atomic E-state index is -1.14. The maximum atomic E-state index is 13.6. The molecule has 0 amide bonds. The molecule has 0 aromatic rings. The van der Waals surface area contributed by atoms with Gasteiger partial charge in [-0.1, -0.05) is 57.0 Å². The summed E-state index contributed by atoms with van der Waals surface area (Å²) < 4.78 is 13.6. The van der Waals surface area contributed by atoms with Gasteiger partial charge in [0.15, 0.2) is 0 Å². The summed E-state index contributed by atoms with van der Waals surface area (Å²) in [6.07, 6.45) is 16.0. The molecular formula is C25H39FN2. The maximum Gasteiger partial charge on any atom is 0.105 e. The lowest BCUT2D eigenvalue weighted by atomic mass is 10.0. The number of hydrogen-bond acceptors (Lipinski definition) is 2. The predicted molar refractivity (Wildman–Crippen MR) is 124 cm³/mol. The summed E-state index contributed by atoms with van der Waals surface area (Å²) >= 11 is 0. The highest BCUT2D eigenvalue weighted by atomic mass is 19.1. The molecular weight excluding hydrogens is 347 g/mol. The Labute approximate surface area is 172 Å². The summed E-state index contributed by atoms with van der Waals surface area (Å²) in [6, 6.07) is 0. The fourth-order valence-electron chi connectivity index (χ4n) is 2.58. The summed E-state index contributed by atoms with van der Waals surface area (Å²) in [5.41, 5.74) is 2.74. The monoisotopic (exact) mass is 386 g/mol. The average Bonchev–Trinajstić information content (AvgIpc) is 2.60. The molecule has 0 bridgehead atoms. The molecule has 0 saturated heterocycles. The van der Waals surface area contributed by atoms with Crippen molar-refractivity contribution in [2.45, 2.75) is 59.5 Å². The van der Waals surface area contributed by atoms with Crippen molar-refractivity contribution in [1.82, 2.24) is 10.6 Å². The fourth-order valence-corrected chi connectivity index (χ4v) is 2.58. The Kier molecular flexibility index (Phi) is 12.7. The number of allylic oxidation sites excluding steroid dienone is 8. The van der Waals surface area contributed by atoms with Crippen LogP contribution in [0.2, 0.25) is 0 Å². The zero-order valence-corrected chi connectivity index (χ0v) is 18.4. The zero-order chi connectivity index (χ0) is 21.6. The van der Waals surface area contributed by atoms with Crippen LogP contribution in [0.15, 0.2) is 84.9 Å². The van der Waals surface area contributed by atoms with Gasteiger partial charge in [0.25, 0.3) is 0 Å². The third-order valence-corrected chi connectivity index (χ3v) is 4.33. The van der Waals surface area contributed by atoms with E-state index in [1.54, 1.807) is 20.0 Å². The van der Waals surface area contributed by atoms with E-state index in [9.17, 15) is 4.39 Å². The van der Waals surface area contributed by atoms with Crippen LogP contribution in [0.4, 0.5) is 4.39 Å². The molecule has 0 rings (SSSR count). The van der Waals surface area contributed by atoms with Crippen LogP contribution in [-0.2, 0) is 0 Å². The fraction of sp³-hybridized carbons (Fsp3) is 0.440. The van der Waals surface area contributed by atoms with Crippen LogP contribution in [-0.4, -0.2) is 12.2 Å². The highest BCUT2D eigenvalue weighted by Gasteiger charge is 2.13. The minimum absolute atomic E-state index is 0.297. The third kappa shape index (κ3) is 12.2. The second-order valence-corrected chi connectivity index (χ2v) is 7.53. The molecule has 0 radical (unpaired) electrons. The van der Waals surface area contributed by atoms with Crippen molar-refractivity contribution >= 4 is 0 Å². The summed E-state index contributed by atoms with van der Waals surface area (Å²) in [5.74, 6) is 0.297. The molecule has 0 aromatic carbocycles. The van der Waals surface area contributed by atoms with Crippen molar-refractivity contribution in [2.75, 3.05) is 6.54 Å². The Morgan fingerprint density at radius 3 is 2.46 bits per heavy atom. The summed E-state index contributed by atoms with van der Waals surface area (Å²) in [5, 5.41) is 6.45. The van der Waals surface area contributed by atoms with Crippen LogP contribution in [0.3, 0.4) is 0 Å². The summed E-state index contributed by atoms with van der Waals surface area (Å²) in [6.45, 7) is 22.1. The van der Waals surface area contributed by atoms with Crippen molar-refractivity contribution in [1.29, 1.82) is 0 Å². The zero-order valence-electron chi connectivity index (χ0n) is 18.4. The molecule has 0 aliphatic carbocycles. The maximum absolute atomic E-state index is 13.6. The number of nitrogens with one attached hydrogen (secondary N) is 2. The Balaban J connectivity index is 5.10. The molecule has 0 spiro atoms. The van der Waals surface area contributed by atoms with E-state index in [-0.39, 0.29) is 0 Å². The Hall–Kier alpha value is -2.29. The SMILES string of the molecule is C=CNCC(CC)C(=C)NC(=C)/C=C(C)/C(/C=C/CCC(C)(C)F)=C/C=C\C. The third-order valence-electron chi connectivity index (χ3n) is 4.33. The van der Waals surface area contributed by atoms with Crippen molar-refractivity contribution in [3.05, 3.63) is 84.9 Å². The van der Waals surface area contributed by atoms with E-state index in [0.29, 0.717) is 18.8 Å². The molecule has 0 aliphatic heterocycles. The van der Waals surface area contributed by atoms with Crippen LogP contribution in [0.1, 0.15) is 53.9 Å². The van der Waals surface area contributed by atoms with Gasteiger partial charge in [-0.2, -0.15) is 0 Å². The molecule has 156 valence electrons. The van der Waals surface area contributed by atoms with Gasteiger partial charge in [-0.15, -0.1) is 0 Å². The second kappa shape index (κ2) is 13.8. The second-order valence-electron chi connectivity index (χ2n) is 7.53. The summed E-state index contributed by atoms with van der Waals surface area (Å²) in [7, 11) is 0. The summed E-state index contributed by atoms with van der Waals surface area (Å²) in [4.78, 5) is 0. The minimum Gasteiger partial charge on any atom is -0.391 e. The van der Waals surface area contributed by atoms with Crippen LogP contribution < -0.4 is 10.6 Å². The van der Waals surface area contributed by atoms with Crippen LogP contribution in [0.25, 0.3) is 0 Å². The van der Waals surface area contributed by atoms with E-state index < -0.39 is 5.67 Å². The molecule has 3 heteroatoms. The lowest BCUT2D eigenvalue weighted by molar-refractivity contribution is 0.203. The molecule has 2 nitrogen and oxygen atoms in total. The van der Waals surface area contributed by atoms with Gasteiger partial charge in [-0.25, -0.2) is 4.39 Å². The van der Waals surface area contributed by atoms with Gasteiger partial charge in [0.1, 0.15) is 5.67 Å². The van der Waals surface area contributed by atoms with Gasteiger partial charge in [-0.3, -0.25) is 0 Å². The predicted octanol–water partition coefficient (Wildman–Crippen LogP) is 6.90. The average molecular weight is 387 g/mol. The van der Waals surface area contributed by atoms with E-state index in [2.05, 4.69) is 37.3 Å². The largest absolute Gasteiger partial charge is 0.391 e. The van der Waals surface area contributed by atoms with Gasteiger partial charge in [0.2, 0.25) is 0 Å². The van der Waals surface area contributed by atoms with E-state index in [1.807, 2.05) is 50.3 Å². The van der Waals surface area contributed by atoms with Crippen molar-refractivity contribution in [3.8, 4) is 0 Å². The molecule has 2 N–H and O–H groups in total. The molecule has 0 aromatic heterocycles. The van der Waals surface area contributed by atoms with Gasteiger partial charge in [-0.05, 0) is 70.4 Å². The lowest BCUT2D eigenvalue weighted by Crippen LogP contribution is -2.25. The highest BCUT2D eigenvalue weighted by Crippen LogP contribution is 2.19. The van der Waals surface area contributed by atoms with E-state index in [0.717, 1.165) is 35.5 Å². The molecule has 1 unspecified atom stereocenters. The normalized spacial score (nSPS) is 14.4. The first-order valence-electron chi connectivity index (χ1n) is 10.0. The number of hydrogen-bond donors (Lipinski definition) is 2. The van der Waals surface area contributed by atoms with Crippen LogP contribution in [0.5, 0.6) is 0 Å². The van der Waals surface area contributed by atoms with Crippen molar-refractivity contribution in [2.24, 2.45) is 5.92 Å². The quantitative estimate of drug-likeness (QED) is 0.317. The topological polar surface area (TPSA) is 24.1 Å². The first kappa shape index (κ1) is 25.7. The van der Waals surface area contributed by atoms with Gasteiger partial charge in [0.05, 0.1) is 0 Å². The van der Waals surface area contributed by atoms with Crippen LogP contribution >= 0.6 is 0 Å². The first-order valence-corrected chi connectivity index (χ1v) is 10.0. The molecule has 28 heavy (non-hydrogen) atoms. The molecule has 1 atom stereocenters. The molecule has 0 heterocycles. The van der Waals surface area contributed by atoms with E-state index in [4.69, 9.17) is 0 Å². The number of alkyl halides is 1. The standard InChI is InChI=1S/C25H39FN2/c1-9-12-15-24(16-13-14-17-25(7,8)26)20(4)18-21(5)28-22(6)23(10-2)19-27-11-3/h9,11-13,15-16,18,23,27-28H,3,5-6,10,14,17,19H2,1-2,4,7-8H3/b12-9-,16-13+,20-18+,24-15+. The van der Waals surface area contributed by atoms with Crippen molar-refractivity contribution in [3.63, 3.8) is 0 Å². The Bertz CT molecular complexity index is 627. The lowest BCUT2D eigenvalue weighted by Gasteiger charge is -2.20. The van der Waals surface area contributed by atoms with E-state index in [1.165, 1.54) is 0 Å². The Morgan fingerprint density at radius 2 is 1.93 bits per heavy atom. The van der Waals surface area contributed by atoms with Gasteiger partial charge in [0, 0.05) is 23.9 Å². The Morgan fingerprint density at radius 1 is 1.25 bits per heavy atom. The number of halogens is 1. The van der Waals surface area contributed by atoms with E-state index >= 15 is 0 Å². The highest BCUT2D eigenvalue weighted by molar-refractivity contribution is 5.43.